The monoisotopic (exact) mass is 362 g/mol. The van der Waals surface area contributed by atoms with Crippen LogP contribution in [-0.4, -0.2) is 11.1 Å². The molecule has 0 radical (unpaired) electrons. The lowest BCUT2D eigenvalue weighted by Crippen LogP contribution is -2.12. The fourth-order valence-electron chi connectivity index (χ4n) is 2.40. The van der Waals surface area contributed by atoms with Crippen molar-refractivity contribution in [3.05, 3.63) is 95.6 Å². The van der Waals surface area contributed by atoms with Crippen molar-refractivity contribution in [2.45, 2.75) is 34.1 Å². The Labute approximate surface area is 163 Å². The number of hydrogen-bond donors (Lipinski definition) is 1. The van der Waals surface area contributed by atoms with Crippen LogP contribution in [0, 0.1) is 12.3 Å². The van der Waals surface area contributed by atoms with Gasteiger partial charge in [-0.25, -0.2) is 4.79 Å². The summed E-state index contributed by atoms with van der Waals surface area (Å²) >= 11 is 0. The van der Waals surface area contributed by atoms with Gasteiger partial charge in [-0.1, -0.05) is 106 Å². The van der Waals surface area contributed by atoms with E-state index in [1.54, 1.807) is 0 Å². The van der Waals surface area contributed by atoms with Crippen molar-refractivity contribution in [2.24, 2.45) is 5.41 Å². The van der Waals surface area contributed by atoms with Crippen molar-refractivity contribution in [1.82, 2.24) is 0 Å². The quantitative estimate of drug-likeness (QED) is 0.595. The minimum Gasteiger partial charge on any atom is -0.478 e. The van der Waals surface area contributed by atoms with Crippen LogP contribution in [0.5, 0.6) is 0 Å². The first-order valence-corrected chi connectivity index (χ1v) is 9.00. The van der Waals surface area contributed by atoms with Crippen LogP contribution in [0.25, 0.3) is 12.2 Å². The number of benzene rings is 2. The first-order chi connectivity index (χ1) is 12.6. The van der Waals surface area contributed by atoms with Gasteiger partial charge >= 0.3 is 5.97 Å². The van der Waals surface area contributed by atoms with Gasteiger partial charge in [-0.05, 0) is 29.0 Å². The molecule has 2 aromatic carbocycles. The van der Waals surface area contributed by atoms with Gasteiger partial charge in [0.05, 0.1) is 0 Å². The van der Waals surface area contributed by atoms with E-state index in [1.165, 1.54) is 11.1 Å². The van der Waals surface area contributed by atoms with Gasteiger partial charge in [0.1, 0.15) is 0 Å². The molecule has 142 valence electrons. The number of aliphatic carboxylic acids is 1. The van der Waals surface area contributed by atoms with Gasteiger partial charge in [-0.2, -0.15) is 0 Å². The maximum atomic E-state index is 10.9. The number of carbonyl (C=O) groups is 1. The second kappa shape index (κ2) is 10.3. The highest BCUT2D eigenvalue weighted by atomic mass is 16.4. The van der Waals surface area contributed by atoms with Crippen LogP contribution in [0.1, 0.15) is 43.9 Å². The van der Waals surface area contributed by atoms with E-state index in [-0.39, 0.29) is 11.0 Å². The summed E-state index contributed by atoms with van der Waals surface area (Å²) < 4.78 is 0. The molecule has 27 heavy (non-hydrogen) atoms. The Morgan fingerprint density at radius 2 is 1.59 bits per heavy atom. The van der Waals surface area contributed by atoms with Gasteiger partial charge < -0.3 is 5.11 Å². The van der Waals surface area contributed by atoms with Gasteiger partial charge in [-0.3, -0.25) is 0 Å². The van der Waals surface area contributed by atoms with Crippen LogP contribution in [0.3, 0.4) is 0 Å². The first kappa shape index (κ1) is 22.2. The number of rotatable bonds is 5. The molecule has 2 rings (SSSR count). The lowest BCUT2D eigenvalue weighted by molar-refractivity contribution is -0.132. The summed E-state index contributed by atoms with van der Waals surface area (Å²) in [6, 6.07) is 18.1. The Morgan fingerprint density at radius 1 is 1.04 bits per heavy atom. The molecule has 0 amide bonds. The zero-order valence-electron chi connectivity index (χ0n) is 16.8. The zero-order valence-corrected chi connectivity index (χ0v) is 16.8. The number of carboxylic acid groups (broad SMARTS) is 1. The molecule has 0 aliphatic heterocycles. The SMILES string of the molecule is C=C(CC(=Cc1ccccc1)C(C)(C)C)C(=O)O.C=Cc1ccccc1C. The summed E-state index contributed by atoms with van der Waals surface area (Å²) in [4.78, 5) is 10.9. The third kappa shape index (κ3) is 7.91. The standard InChI is InChI=1S/C16H20O2.C9H10/c1-12(15(17)18)10-14(16(2,3)4)11-13-8-6-5-7-9-13;1-3-9-7-5-4-6-8(9)2/h5-9,11H,1,10H2,2-4H3,(H,17,18);3-7H,1H2,2H3. The van der Waals surface area contributed by atoms with Gasteiger partial charge in [0, 0.05) is 12.0 Å². The first-order valence-electron chi connectivity index (χ1n) is 9.00. The molecule has 0 heterocycles. The van der Waals surface area contributed by atoms with Crippen molar-refractivity contribution in [1.29, 1.82) is 0 Å². The maximum Gasteiger partial charge on any atom is 0.331 e. The van der Waals surface area contributed by atoms with Crippen LogP contribution < -0.4 is 0 Å². The van der Waals surface area contributed by atoms with Crippen molar-refractivity contribution in [3.63, 3.8) is 0 Å². The minimum absolute atomic E-state index is 0.0752. The van der Waals surface area contributed by atoms with Crippen LogP contribution >= 0.6 is 0 Å². The highest BCUT2D eigenvalue weighted by molar-refractivity contribution is 5.86. The van der Waals surface area contributed by atoms with Crippen LogP contribution in [0.2, 0.25) is 0 Å². The molecule has 0 bridgehead atoms. The van der Waals surface area contributed by atoms with Gasteiger partial charge in [0.15, 0.2) is 0 Å². The second-order valence-corrected chi connectivity index (χ2v) is 7.48. The predicted octanol–water partition coefficient (Wildman–Crippen LogP) is 6.79. The smallest absolute Gasteiger partial charge is 0.331 e. The van der Waals surface area contributed by atoms with Crippen LogP contribution in [0.4, 0.5) is 0 Å². The lowest BCUT2D eigenvalue weighted by Gasteiger charge is -2.23. The Hall–Kier alpha value is -2.87. The zero-order chi connectivity index (χ0) is 20.4. The second-order valence-electron chi connectivity index (χ2n) is 7.48. The van der Waals surface area contributed by atoms with E-state index < -0.39 is 5.97 Å². The summed E-state index contributed by atoms with van der Waals surface area (Å²) in [5.74, 6) is -0.932. The van der Waals surface area contributed by atoms with E-state index in [4.69, 9.17) is 5.11 Å². The number of carboxylic acids is 1. The molecule has 0 aromatic heterocycles. The van der Waals surface area contributed by atoms with Gasteiger partial charge in [0.2, 0.25) is 0 Å². The van der Waals surface area contributed by atoms with E-state index in [1.807, 2.05) is 54.6 Å². The van der Waals surface area contributed by atoms with Gasteiger partial charge in [0.25, 0.3) is 0 Å². The number of hydrogen-bond acceptors (Lipinski definition) is 1. The molecule has 0 saturated carbocycles. The molecule has 1 N–H and O–H groups in total. The molecular weight excluding hydrogens is 332 g/mol. The molecular formula is C25H30O2. The lowest BCUT2D eigenvalue weighted by atomic mass is 9.82. The summed E-state index contributed by atoms with van der Waals surface area (Å²) in [7, 11) is 0. The molecule has 0 saturated heterocycles. The largest absolute Gasteiger partial charge is 0.478 e. The molecule has 0 aliphatic carbocycles. The van der Waals surface area contributed by atoms with E-state index >= 15 is 0 Å². The summed E-state index contributed by atoms with van der Waals surface area (Å²) in [5.41, 5.74) is 4.81. The van der Waals surface area contributed by atoms with E-state index in [9.17, 15) is 4.79 Å². The topological polar surface area (TPSA) is 37.3 Å². The molecule has 0 fully saturated rings. The van der Waals surface area contributed by atoms with Crippen molar-refractivity contribution in [2.75, 3.05) is 0 Å². The Morgan fingerprint density at radius 3 is 2.04 bits per heavy atom. The normalized spacial score (nSPS) is 11.2. The summed E-state index contributed by atoms with van der Waals surface area (Å²) in [6.07, 6.45) is 4.32. The predicted molar refractivity (Wildman–Crippen MR) is 117 cm³/mol. The van der Waals surface area contributed by atoms with Crippen molar-refractivity contribution < 1.29 is 9.90 Å². The fourth-order valence-corrected chi connectivity index (χ4v) is 2.40. The average molecular weight is 363 g/mol. The fraction of sp³-hybridized carbons (Fsp3) is 0.240. The third-order valence-electron chi connectivity index (χ3n) is 4.22. The van der Waals surface area contributed by atoms with Crippen molar-refractivity contribution >= 4 is 18.1 Å². The molecule has 2 heteroatoms. The Bertz CT molecular complexity index is 806. The Balaban J connectivity index is 0.000000337. The van der Waals surface area contributed by atoms with Gasteiger partial charge in [-0.15, -0.1) is 0 Å². The molecule has 2 nitrogen and oxygen atoms in total. The summed E-state index contributed by atoms with van der Waals surface area (Å²) in [5, 5.41) is 8.94. The Kier molecular flexibility index (Phi) is 8.47. The van der Waals surface area contributed by atoms with E-state index in [0.29, 0.717) is 6.42 Å². The highest BCUT2D eigenvalue weighted by Gasteiger charge is 2.19. The van der Waals surface area contributed by atoms with E-state index in [2.05, 4.69) is 53.0 Å². The molecule has 0 atom stereocenters. The number of aryl methyl sites for hydroxylation is 1. The molecule has 0 spiro atoms. The third-order valence-corrected chi connectivity index (χ3v) is 4.22. The average Bonchev–Trinajstić information content (AvgIpc) is 2.62. The van der Waals surface area contributed by atoms with Crippen LogP contribution in [0.15, 0.2) is 78.9 Å². The molecule has 0 unspecified atom stereocenters. The summed E-state index contributed by atoms with van der Waals surface area (Å²) in [6.45, 7) is 15.6. The minimum atomic E-state index is -0.932. The van der Waals surface area contributed by atoms with Crippen LogP contribution in [-0.2, 0) is 4.79 Å². The van der Waals surface area contributed by atoms with E-state index in [0.717, 1.165) is 11.1 Å². The highest BCUT2D eigenvalue weighted by Crippen LogP contribution is 2.31. The molecule has 0 aliphatic rings. The van der Waals surface area contributed by atoms with Crippen molar-refractivity contribution in [3.8, 4) is 0 Å². The number of allylic oxidation sites excluding steroid dienone is 1. The maximum absolute atomic E-state index is 10.9. The molecule has 2 aromatic rings.